The van der Waals surface area contributed by atoms with E-state index in [0.29, 0.717) is 12.8 Å². The van der Waals surface area contributed by atoms with Crippen molar-refractivity contribution < 1.29 is 23.9 Å². The third-order valence-corrected chi connectivity index (χ3v) is 5.74. The summed E-state index contributed by atoms with van der Waals surface area (Å²) in [6, 6.07) is 0.961. The van der Waals surface area contributed by atoms with Gasteiger partial charge in [-0.1, -0.05) is 26.7 Å². The second-order valence-electron chi connectivity index (χ2n) is 7.84. The Morgan fingerprint density at radius 1 is 1.22 bits per heavy atom. The van der Waals surface area contributed by atoms with Crippen LogP contribution in [0.5, 0.6) is 0 Å². The number of esters is 1. The number of fused-ring (bicyclic) bond motifs is 1. The van der Waals surface area contributed by atoms with Gasteiger partial charge in [0.25, 0.3) is 5.91 Å². The molecule has 1 saturated carbocycles. The zero-order chi connectivity index (χ0) is 20.4. The van der Waals surface area contributed by atoms with Gasteiger partial charge in [-0.05, 0) is 32.6 Å². The van der Waals surface area contributed by atoms with Crippen LogP contribution >= 0.6 is 0 Å². The Labute approximate surface area is 159 Å². The van der Waals surface area contributed by atoms with E-state index in [1.54, 1.807) is 20.8 Å². The molecule has 8 heteroatoms. The lowest BCUT2D eigenvalue weighted by Gasteiger charge is -2.27. The van der Waals surface area contributed by atoms with Crippen molar-refractivity contribution in [3.05, 3.63) is 0 Å². The van der Waals surface area contributed by atoms with Crippen molar-refractivity contribution in [2.75, 3.05) is 6.61 Å². The smallest absolute Gasteiger partial charge is 0.329 e. The van der Waals surface area contributed by atoms with Crippen LogP contribution in [0.25, 0.3) is 0 Å². The number of hydrogen-bond donors (Lipinski definition) is 1. The normalized spacial score (nSPS) is 25.4. The van der Waals surface area contributed by atoms with E-state index in [2.05, 4.69) is 5.32 Å². The molecule has 4 atom stereocenters. The summed E-state index contributed by atoms with van der Waals surface area (Å²) >= 11 is 0. The second kappa shape index (κ2) is 8.07. The molecule has 3 amide bonds. The van der Waals surface area contributed by atoms with E-state index < -0.39 is 30.1 Å². The molecule has 1 aliphatic heterocycles. The van der Waals surface area contributed by atoms with Crippen LogP contribution in [-0.4, -0.2) is 46.8 Å². The maximum atomic E-state index is 12.5. The van der Waals surface area contributed by atoms with Gasteiger partial charge in [0.2, 0.25) is 11.8 Å². The SMILES string of the molecule is CC(C)[C@@](C)(C#N)NC(=O)COC(=O)[C@H](C)N1C(=O)[C@H]2CCCC[C@H]2C1=O. The number of likely N-dealkylation sites (tertiary alicyclic amines) is 1. The molecule has 1 heterocycles. The molecule has 0 spiro atoms. The van der Waals surface area contributed by atoms with Crippen molar-refractivity contribution in [2.24, 2.45) is 17.8 Å². The quantitative estimate of drug-likeness (QED) is 0.548. The van der Waals surface area contributed by atoms with Crippen molar-refractivity contribution in [1.29, 1.82) is 5.26 Å². The first-order chi connectivity index (χ1) is 12.6. The molecule has 27 heavy (non-hydrogen) atoms. The molecule has 0 bridgehead atoms. The van der Waals surface area contributed by atoms with Crippen molar-refractivity contribution in [1.82, 2.24) is 10.2 Å². The number of nitrogens with one attached hydrogen (secondary N) is 1. The molecule has 0 aromatic heterocycles. The molecule has 1 N–H and O–H groups in total. The number of hydrogen-bond acceptors (Lipinski definition) is 6. The van der Waals surface area contributed by atoms with Crippen molar-refractivity contribution in [3.8, 4) is 6.07 Å². The van der Waals surface area contributed by atoms with Crippen LogP contribution in [0.3, 0.4) is 0 Å². The summed E-state index contributed by atoms with van der Waals surface area (Å²) < 4.78 is 4.99. The summed E-state index contributed by atoms with van der Waals surface area (Å²) in [5.74, 6) is -2.88. The van der Waals surface area contributed by atoms with E-state index in [0.717, 1.165) is 17.7 Å². The van der Waals surface area contributed by atoms with Crippen molar-refractivity contribution >= 4 is 23.7 Å². The number of imide groups is 1. The number of carbonyl (C=O) groups is 4. The van der Waals surface area contributed by atoms with Crippen molar-refractivity contribution in [3.63, 3.8) is 0 Å². The molecule has 1 aliphatic carbocycles. The van der Waals surface area contributed by atoms with Gasteiger partial charge < -0.3 is 10.1 Å². The predicted molar refractivity (Wildman–Crippen MR) is 94.7 cm³/mol. The van der Waals surface area contributed by atoms with Gasteiger partial charge in [-0.3, -0.25) is 19.3 Å². The van der Waals surface area contributed by atoms with E-state index in [1.165, 1.54) is 6.92 Å². The van der Waals surface area contributed by atoms with Crippen LogP contribution in [0.2, 0.25) is 0 Å². The average Bonchev–Trinajstić information content (AvgIpc) is 2.90. The van der Waals surface area contributed by atoms with Gasteiger partial charge >= 0.3 is 5.97 Å². The monoisotopic (exact) mass is 377 g/mol. The van der Waals surface area contributed by atoms with Gasteiger partial charge in [0, 0.05) is 0 Å². The number of nitrogens with zero attached hydrogens (tertiary/aromatic N) is 2. The summed E-state index contributed by atoms with van der Waals surface area (Å²) in [5.41, 5.74) is -1.08. The zero-order valence-corrected chi connectivity index (χ0v) is 16.3. The topological polar surface area (TPSA) is 117 Å². The summed E-state index contributed by atoms with van der Waals surface area (Å²) in [4.78, 5) is 50.3. The van der Waals surface area contributed by atoms with Crippen LogP contribution in [0.1, 0.15) is 53.4 Å². The molecular formula is C19H27N3O5. The Bertz CT molecular complexity index is 659. The molecule has 2 rings (SSSR count). The van der Waals surface area contributed by atoms with Crippen LogP contribution < -0.4 is 5.32 Å². The molecule has 2 fully saturated rings. The molecule has 0 radical (unpaired) electrons. The third kappa shape index (κ3) is 4.12. The lowest BCUT2D eigenvalue weighted by atomic mass is 9.81. The number of carbonyl (C=O) groups excluding carboxylic acids is 4. The Balaban J connectivity index is 1.94. The predicted octanol–water partition coefficient (Wildman–Crippen LogP) is 1.15. The van der Waals surface area contributed by atoms with Crippen molar-refractivity contribution in [2.45, 2.75) is 65.0 Å². The minimum absolute atomic E-state index is 0.135. The van der Waals surface area contributed by atoms with Gasteiger partial charge in [-0.2, -0.15) is 5.26 Å². The van der Waals surface area contributed by atoms with Crippen LogP contribution in [0.4, 0.5) is 0 Å². The summed E-state index contributed by atoms with van der Waals surface area (Å²) in [7, 11) is 0. The van der Waals surface area contributed by atoms with E-state index in [4.69, 9.17) is 4.74 Å². The Hall–Kier alpha value is -2.43. The maximum absolute atomic E-state index is 12.5. The zero-order valence-electron chi connectivity index (χ0n) is 16.3. The van der Waals surface area contributed by atoms with Gasteiger partial charge in [0.1, 0.15) is 11.6 Å². The Kier molecular flexibility index (Phi) is 6.24. The van der Waals surface area contributed by atoms with Crippen LogP contribution in [-0.2, 0) is 23.9 Å². The third-order valence-electron chi connectivity index (χ3n) is 5.74. The number of ether oxygens (including phenoxy) is 1. The summed E-state index contributed by atoms with van der Waals surface area (Å²) in [6.45, 7) is 6.03. The standard InChI is InChI=1S/C19H27N3O5/c1-11(2)19(4,10-20)21-15(23)9-27-18(26)12(3)22-16(24)13-7-5-6-8-14(13)17(22)25/h11-14H,5-9H2,1-4H3,(H,21,23)/t12-,13-,14+,19+/m0/s1. The molecular weight excluding hydrogens is 350 g/mol. The highest BCUT2D eigenvalue weighted by molar-refractivity contribution is 6.07. The first kappa shape index (κ1) is 20.9. The van der Waals surface area contributed by atoms with Gasteiger partial charge in [0.05, 0.1) is 17.9 Å². The fourth-order valence-electron chi connectivity index (χ4n) is 3.56. The van der Waals surface area contributed by atoms with Crippen LogP contribution in [0, 0.1) is 29.1 Å². The van der Waals surface area contributed by atoms with Gasteiger partial charge in [0.15, 0.2) is 6.61 Å². The molecule has 1 saturated heterocycles. The highest BCUT2D eigenvalue weighted by atomic mass is 16.5. The van der Waals surface area contributed by atoms with E-state index >= 15 is 0 Å². The highest BCUT2D eigenvalue weighted by Gasteiger charge is 2.51. The van der Waals surface area contributed by atoms with Crippen LogP contribution in [0.15, 0.2) is 0 Å². The first-order valence-corrected chi connectivity index (χ1v) is 9.38. The first-order valence-electron chi connectivity index (χ1n) is 9.38. The maximum Gasteiger partial charge on any atom is 0.329 e. The van der Waals surface area contributed by atoms with Gasteiger partial charge in [-0.15, -0.1) is 0 Å². The van der Waals surface area contributed by atoms with E-state index in [-0.39, 0.29) is 29.6 Å². The molecule has 0 unspecified atom stereocenters. The highest BCUT2D eigenvalue weighted by Crippen LogP contribution is 2.38. The summed E-state index contributed by atoms with van der Waals surface area (Å²) in [5, 5.41) is 11.8. The second-order valence-corrected chi connectivity index (χ2v) is 7.84. The van der Waals surface area contributed by atoms with E-state index in [1.807, 2.05) is 6.07 Å². The molecule has 0 aromatic carbocycles. The number of nitriles is 1. The fraction of sp³-hybridized carbons (Fsp3) is 0.737. The Morgan fingerprint density at radius 2 is 1.74 bits per heavy atom. The Morgan fingerprint density at radius 3 is 2.19 bits per heavy atom. The number of amides is 3. The average molecular weight is 377 g/mol. The lowest BCUT2D eigenvalue weighted by molar-refractivity contribution is -0.159. The molecule has 2 aliphatic rings. The minimum Gasteiger partial charge on any atom is -0.454 e. The molecule has 8 nitrogen and oxygen atoms in total. The molecule has 0 aromatic rings. The fourth-order valence-corrected chi connectivity index (χ4v) is 3.56. The minimum atomic E-state index is -1.08. The van der Waals surface area contributed by atoms with Gasteiger partial charge in [-0.25, -0.2) is 4.79 Å². The molecule has 148 valence electrons. The number of rotatable bonds is 6. The lowest BCUT2D eigenvalue weighted by Crippen LogP contribution is -2.51. The summed E-state index contributed by atoms with van der Waals surface area (Å²) in [6.07, 6.45) is 3.14. The largest absolute Gasteiger partial charge is 0.454 e. The van der Waals surface area contributed by atoms with E-state index in [9.17, 15) is 24.4 Å².